The number of aliphatic hydroxyl groups excluding tert-OH is 1. The lowest BCUT2D eigenvalue weighted by molar-refractivity contribution is -0.316. The molecule has 2 aliphatic heterocycles. The zero-order valence-electron chi connectivity index (χ0n) is 25.2. The molecule has 0 radical (unpaired) electrons. The van der Waals surface area contributed by atoms with Crippen molar-refractivity contribution in [2.24, 2.45) is 0 Å². The Hall–Kier alpha value is -3.87. The highest BCUT2D eigenvalue weighted by Crippen LogP contribution is 2.31. The van der Waals surface area contributed by atoms with E-state index < -0.39 is 116 Å². The van der Waals surface area contributed by atoms with Crippen LogP contribution >= 0.6 is 0 Å². The average Bonchev–Trinajstić information content (AvgIpc) is 2.87. The number of hydrogen-bond acceptors (Lipinski definition) is 17. The van der Waals surface area contributed by atoms with E-state index in [1.807, 2.05) is 0 Å². The molecule has 0 aromatic carbocycles. The predicted octanol–water partition coefficient (Wildman–Crippen LogP) is -1.83. The summed E-state index contributed by atoms with van der Waals surface area (Å²) in [6, 6.07) is -1.34. The number of amides is 1. The van der Waals surface area contributed by atoms with Gasteiger partial charge in [0.25, 0.3) is 0 Å². The van der Waals surface area contributed by atoms with Gasteiger partial charge in [-0.25, -0.2) is 0 Å². The van der Waals surface area contributed by atoms with E-state index in [-0.39, 0.29) is 0 Å². The van der Waals surface area contributed by atoms with Gasteiger partial charge >= 0.3 is 35.8 Å². The highest BCUT2D eigenvalue weighted by molar-refractivity contribution is 5.74. The van der Waals surface area contributed by atoms with Gasteiger partial charge in [-0.3, -0.25) is 33.6 Å². The summed E-state index contributed by atoms with van der Waals surface area (Å²) in [6.07, 6.45) is -13.6. The standard InChI is InChI=1S/C26H37NO17/c1-10(28)27-19-22(40-14(5)32)20(38-12(3)30)18(8-36-11(2)29)44-26(19)37-9-17-21(39-13(4)31)23(41-15(6)33)24(25(35)43-17)42-16(7)34/h17-26,35H,8-9H2,1-7H3,(H,27,28)/t17-,18-,19-,20-,21-,22-,23+,24-,25+,26+/m1/s1. The quantitative estimate of drug-likeness (QED) is 0.188. The van der Waals surface area contributed by atoms with Crippen LogP contribution < -0.4 is 5.32 Å². The largest absolute Gasteiger partial charge is 0.463 e. The first-order chi connectivity index (χ1) is 20.5. The molecule has 18 heteroatoms. The van der Waals surface area contributed by atoms with E-state index in [1.165, 1.54) is 0 Å². The summed E-state index contributed by atoms with van der Waals surface area (Å²) in [7, 11) is 0. The van der Waals surface area contributed by atoms with Gasteiger partial charge < -0.3 is 53.1 Å². The van der Waals surface area contributed by atoms with Crippen LogP contribution in [-0.2, 0) is 76.2 Å². The van der Waals surface area contributed by atoms with Crippen LogP contribution in [0.25, 0.3) is 0 Å². The molecule has 2 aliphatic rings. The van der Waals surface area contributed by atoms with Crippen LogP contribution in [0.1, 0.15) is 48.5 Å². The molecule has 2 saturated heterocycles. The van der Waals surface area contributed by atoms with E-state index in [2.05, 4.69) is 5.32 Å². The van der Waals surface area contributed by atoms with Crippen LogP contribution in [0.15, 0.2) is 0 Å². The molecule has 2 fully saturated rings. The van der Waals surface area contributed by atoms with Gasteiger partial charge in [0.1, 0.15) is 24.9 Å². The van der Waals surface area contributed by atoms with E-state index in [1.54, 1.807) is 0 Å². The van der Waals surface area contributed by atoms with E-state index >= 15 is 0 Å². The second-order valence-corrected chi connectivity index (χ2v) is 9.84. The molecule has 0 saturated carbocycles. The maximum atomic E-state index is 12.2. The lowest BCUT2D eigenvalue weighted by Gasteiger charge is -2.46. The fraction of sp³-hybridized carbons (Fsp3) is 0.731. The van der Waals surface area contributed by atoms with Crippen molar-refractivity contribution in [1.29, 1.82) is 0 Å². The molecule has 2 rings (SSSR count). The summed E-state index contributed by atoms with van der Waals surface area (Å²) >= 11 is 0. The third-order valence-corrected chi connectivity index (χ3v) is 6.01. The second-order valence-electron chi connectivity index (χ2n) is 9.84. The minimum atomic E-state index is -1.89. The molecule has 0 aromatic heterocycles. The van der Waals surface area contributed by atoms with Gasteiger partial charge in [-0.05, 0) is 0 Å². The minimum absolute atomic E-state index is 0.495. The third-order valence-electron chi connectivity index (χ3n) is 6.01. The van der Waals surface area contributed by atoms with Gasteiger partial charge in [0.15, 0.2) is 43.1 Å². The highest BCUT2D eigenvalue weighted by Gasteiger charge is 2.54. The summed E-state index contributed by atoms with van der Waals surface area (Å²) in [4.78, 5) is 83.2. The Kier molecular flexibility index (Phi) is 13.4. The first-order valence-electron chi connectivity index (χ1n) is 13.4. The van der Waals surface area contributed by atoms with E-state index in [4.69, 9.17) is 42.6 Å². The number of carbonyl (C=O) groups excluding carboxylic acids is 7. The van der Waals surface area contributed by atoms with Crippen LogP contribution in [-0.4, -0.2) is 121 Å². The Labute approximate surface area is 251 Å². The summed E-state index contributed by atoms with van der Waals surface area (Å²) in [5.74, 6) is -5.57. The van der Waals surface area contributed by atoms with Crippen molar-refractivity contribution >= 4 is 41.7 Å². The van der Waals surface area contributed by atoms with Gasteiger partial charge in [0.2, 0.25) is 5.91 Å². The Balaban J connectivity index is 2.48. The molecular weight excluding hydrogens is 598 g/mol. The molecular formula is C26H37NO17. The number of esters is 6. The lowest BCUT2D eigenvalue weighted by atomic mass is 9.95. The van der Waals surface area contributed by atoms with Crippen molar-refractivity contribution in [1.82, 2.24) is 5.32 Å². The molecule has 1 amide bonds. The first kappa shape index (κ1) is 36.3. The molecule has 0 bridgehead atoms. The normalized spacial score (nSPS) is 31.5. The Morgan fingerprint density at radius 2 is 1.00 bits per heavy atom. The minimum Gasteiger partial charge on any atom is -0.463 e. The maximum Gasteiger partial charge on any atom is 0.303 e. The van der Waals surface area contributed by atoms with Gasteiger partial charge in [-0.2, -0.15) is 0 Å². The van der Waals surface area contributed by atoms with Crippen LogP contribution in [0.3, 0.4) is 0 Å². The van der Waals surface area contributed by atoms with Crippen molar-refractivity contribution in [3.05, 3.63) is 0 Å². The Morgan fingerprint density at radius 1 is 0.568 bits per heavy atom. The lowest BCUT2D eigenvalue weighted by Crippen LogP contribution is -2.67. The molecule has 0 aromatic rings. The molecule has 10 atom stereocenters. The zero-order valence-corrected chi connectivity index (χ0v) is 25.2. The van der Waals surface area contributed by atoms with Crippen LogP contribution in [0.2, 0.25) is 0 Å². The van der Waals surface area contributed by atoms with Gasteiger partial charge in [-0.15, -0.1) is 0 Å². The van der Waals surface area contributed by atoms with Crippen molar-refractivity contribution in [3.8, 4) is 0 Å². The Bertz CT molecular complexity index is 1090. The van der Waals surface area contributed by atoms with Crippen molar-refractivity contribution in [2.75, 3.05) is 13.2 Å². The molecule has 0 spiro atoms. The Morgan fingerprint density at radius 3 is 1.48 bits per heavy atom. The highest BCUT2D eigenvalue weighted by atomic mass is 16.7. The molecule has 0 unspecified atom stereocenters. The predicted molar refractivity (Wildman–Crippen MR) is 138 cm³/mol. The number of rotatable bonds is 11. The van der Waals surface area contributed by atoms with Crippen LogP contribution in [0.4, 0.5) is 0 Å². The van der Waals surface area contributed by atoms with E-state index in [9.17, 15) is 38.7 Å². The third kappa shape index (κ3) is 10.7. The fourth-order valence-electron chi connectivity index (χ4n) is 4.63. The van der Waals surface area contributed by atoms with Gasteiger partial charge in [0, 0.05) is 48.5 Å². The first-order valence-corrected chi connectivity index (χ1v) is 13.4. The number of ether oxygens (including phenoxy) is 9. The van der Waals surface area contributed by atoms with Crippen molar-refractivity contribution in [3.63, 3.8) is 0 Å². The molecule has 2 heterocycles. The molecule has 248 valence electrons. The average molecular weight is 636 g/mol. The van der Waals surface area contributed by atoms with Crippen LogP contribution in [0, 0.1) is 0 Å². The van der Waals surface area contributed by atoms with Crippen molar-refractivity contribution < 1.29 is 81.3 Å². The van der Waals surface area contributed by atoms with Crippen LogP contribution in [0.5, 0.6) is 0 Å². The molecule has 18 nitrogen and oxygen atoms in total. The second kappa shape index (κ2) is 16.3. The van der Waals surface area contributed by atoms with Gasteiger partial charge in [0.05, 0.1) is 6.61 Å². The van der Waals surface area contributed by atoms with E-state index in [0.29, 0.717) is 0 Å². The number of carbonyl (C=O) groups is 7. The van der Waals surface area contributed by atoms with E-state index in [0.717, 1.165) is 48.5 Å². The molecule has 0 aliphatic carbocycles. The topological polar surface area (TPSA) is 235 Å². The number of hydrogen-bond donors (Lipinski definition) is 2. The van der Waals surface area contributed by atoms with Gasteiger partial charge in [-0.1, -0.05) is 0 Å². The maximum absolute atomic E-state index is 12.2. The number of aliphatic hydroxyl groups is 1. The summed E-state index contributed by atoms with van der Waals surface area (Å²) in [6.45, 7) is 6.42. The smallest absolute Gasteiger partial charge is 0.303 e. The fourth-order valence-corrected chi connectivity index (χ4v) is 4.63. The monoisotopic (exact) mass is 635 g/mol. The molecule has 44 heavy (non-hydrogen) atoms. The summed E-state index contributed by atoms with van der Waals surface area (Å²) < 4.78 is 48.7. The molecule has 2 N–H and O–H groups in total. The zero-order chi connectivity index (χ0) is 33.3. The summed E-state index contributed by atoms with van der Waals surface area (Å²) in [5.41, 5.74) is 0. The van der Waals surface area contributed by atoms with Crippen molar-refractivity contribution in [2.45, 2.75) is 110 Å². The number of nitrogens with one attached hydrogen (secondary N) is 1. The summed E-state index contributed by atoms with van der Waals surface area (Å²) in [5, 5.41) is 13.1. The SMILES string of the molecule is CC(=O)N[C@H]1[C@@H](OC[C@H]2O[C@H](O)[C@H](OC(C)=O)[C@@H](OC(C)=O)[C@@H]2OC(C)=O)O[C@H](COC(C)=O)[C@@H](OC(C)=O)[C@@H]1OC(C)=O.